The van der Waals surface area contributed by atoms with Gasteiger partial charge in [0, 0.05) is 13.0 Å². The van der Waals surface area contributed by atoms with Crippen LogP contribution in [-0.2, 0) is 14.3 Å². The predicted molar refractivity (Wildman–Crippen MR) is 182 cm³/mol. The van der Waals surface area contributed by atoms with Crippen molar-refractivity contribution in [1.29, 1.82) is 0 Å². The van der Waals surface area contributed by atoms with Gasteiger partial charge in [-0.1, -0.05) is 160 Å². The molecule has 0 radical (unpaired) electrons. The van der Waals surface area contributed by atoms with E-state index in [4.69, 9.17) is 9.47 Å². The van der Waals surface area contributed by atoms with Crippen molar-refractivity contribution in [3.05, 3.63) is 24.3 Å². The normalized spacial score (nSPS) is 12.5. The average molecular weight is 593 g/mol. The number of carbonyl (C=O) groups is 1. The lowest BCUT2D eigenvalue weighted by molar-refractivity contribution is -0.154. The van der Waals surface area contributed by atoms with Crippen LogP contribution in [0.2, 0.25) is 0 Å². The number of hydrogen-bond acceptors (Lipinski definition) is 4. The summed E-state index contributed by atoms with van der Waals surface area (Å²) in [5.74, 6) is -0.210. The topological polar surface area (TPSA) is 55.8 Å². The number of aliphatic hydroxyl groups is 1. The lowest BCUT2D eigenvalue weighted by atomic mass is 10.0. The first-order valence-corrected chi connectivity index (χ1v) is 18.4. The van der Waals surface area contributed by atoms with Crippen LogP contribution in [0, 0.1) is 0 Å². The quantitative estimate of drug-likeness (QED) is 0.0459. The number of carbonyl (C=O) groups excluding carboxylic acids is 1. The SMILES string of the molecule is CCCCCCC/C=C\C/C=C\CCCCCCCCCCCCCCOCC(CO)OC(=O)CCCCCCCC. The van der Waals surface area contributed by atoms with Crippen molar-refractivity contribution in [3.63, 3.8) is 0 Å². The molecule has 1 N–H and O–H groups in total. The van der Waals surface area contributed by atoms with E-state index in [1.807, 2.05) is 0 Å². The monoisotopic (exact) mass is 593 g/mol. The lowest BCUT2D eigenvalue weighted by Crippen LogP contribution is -2.27. The van der Waals surface area contributed by atoms with Crippen LogP contribution >= 0.6 is 0 Å². The second-order valence-electron chi connectivity index (χ2n) is 12.3. The largest absolute Gasteiger partial charge is 0.457 e. The molecule has 0 bridgehead atoms. The summed E-state index contributed by atoms with van der Waals surface area (Å²) in [4.78, 5) is 12.0. The summed E-state index contributed by atoms with van der Waals surface area (Å²) in [5, 5.41) is 9.47. The third kappa shape index (κ3) is 33.4. The van der Waals surface area contributed by atoms with Crippen molar-refractivity contribution in [1.82, 2.24) is 0 Å². The van der Waals surface area contributed by atoms with Crippen molar-refractivity contribution >= 4 is 5.97 Å². The minimum absolute atomic E-state index is 0.170. The molecule has 248 valence electrons. The van der Waals surface area contributed by atoms with E-state index in [2.05, 4.69) is 38.2 Å². The highest BCUT2D eigenvalue weighted by atomic mass is 16.6. The zero-order chi connectivity index (χ0) is 30.6. The summed E-state index contributed by atoms with van der Waals surface area (Å²) < 4.78 is 11.0. The molecule has 4 nitrogen and oxygen atoms in total. The maximum absolute atomic E-state index is 12.0. The molecule has 0 spiro atoms. The van der Waals surface area contributed by atoms with Crippen molar-refractivity contribution in [3.8, 4) is 0 Å². The van der Waals surface area contributed by atoms with E-state index in [0.717, 1.165) is 25.7 Å². The molecule has 0 aliphatic rings. The van der Waals surface area contributed by atoms with Crippen molar-refractivity contribution in [2.24, 2.45) is 0 Å². The number of hydrogen-bond donors (Lipinski definition) is 1. The molecule has 0 aliphatic heterocycles. The van der Waals surface area contributed by atoms with Crippen molar-refractivity contribution < 1.29 is 19.4 Å². The van der Waals surface area contributed by atoms with Gasteiger partial charge >= 0.3 is 5.97 Å². The van der Waals surface area contributed by atoms with Crippen LogP contribution in [0.25, 0.3) is 0 Å². The maximum atomic E-state index is 12.0. The van der Waals surface area contributed by atoms with Gasteiger partial charge in [0.15, 0.2) is 0 Å². The molecule has 0 saturated heterocycles. The van der Waals surface area contributed by atoms with Gasteiger partial charge in [0.25, 0.3) is 0 Å². The molecule has 0 fully saturated rings. The van der Waals surface area contributed by atoms with E-state index < -0.39 is 6.10 Å². The number of allylic oxidation sites excluding steroid dienone is 4. The Morgan fingerprint density at radius 2 is 1.00 bits per heavy atom. The third-order valence-corrected chi connectivity index (χ3v) is 8.03. The van der Waals surface area contributed by atoms with Gasteiger partial charge < -0.3 is 14.6 Å². The van der Waals surface area contributed by atoms with Gasteiger partial charge in [0.1, 0.15) is 6.10 Å². The fourth-order valence-electron chi connectivity index (χ4n) is 5.24. The van der Waals surface area contributed by atoms with Gasteiger partial charge in [-0.3, -0.25) is 4.79 Å². The van der Waals surface area contributed by atoms with Crippen LogP contribution in [0.5, 0.6) is 0 Å². The Morgan fingerprint density at radius 3 is 1.48 bits per heavy atom. The van der Waals surface area contributed by atoms with E-state index in [0.29, 0.717) is 19.6 Å². The summed E-state index contributed by atoms with van der Waals surface area (Å²) in [7, 11) is 0. The summed E-state index contributed by atoms with van der Waals surface area (Å²) in [6, 6.07) is 0. The Balaban J connectivity index is 3.34. The first-order chi connectivity index (χ1) is 20.7. The Labute approximate surface area is 262 Å². The van der Waals surface area contributed by atoms with Crippen LogP contribution in [0.15, 0.2) is 24.3 Å². The Kier molecular flexibility index (Phi) is 35.1. The highest BCUT2D eigenvalue weighted by molar-refractivity contribution is 5.69. The molecule has 4 heteroatoms. The molecule has 0 rings (SSSR count). The van der Waals surface area contributed by atoms with Crippen LogP contribution < -0.4 is 0 Å². The van der Waals surface area contributed by atoms with Gasteiger partial charge in [-0.2, -0.15) is 0 Å². The van der Waals surface area contributed by atoms with Crippen LogP contribution in [0.4, 0.5) is 0 Å². The van der Waals surface area contributed by atoms with Gasteiger partial charge in [-0.05, 0) is 44.9 Å². The minimum atomic E-state index is -0.526. The molecule has 0 aromatic carbocycles. The van der Waals surface area contributed by atoms with Gasteiger partial charge in [0.2, 0.25) is 0 Å². The highest BCUT2D eigenvalue weighted by Crippen LogP contribution is 2.13. The molecule has 0 heterocycles. The highest BCUT2D eigenvalue weighted by Gasteiger charge is 2.13. The fourth-order valence-corrected chi connectivity index (χ4v) is 5.24. The smallest absolute Gasteiger partial charge is 0.306 e. The first-order valence-electron chi connectivity index (χ1n) is 18.4. The second-order valence-corrected chi connectivity index (χ2v) is 12.3. The number of rotatable bonds is 34. The van der Waals surface area contributed by atoms with Gasteiger partial charge in [-0.15, -0.1) is 0 Å². The summed E-state index contributed by atoms with van der Waals surface area (Å²) in [6.45, 7) is 5.29. The van der Waals surface area contributed by atoms with E-state index >= 15 is 0 Å². The van der Waals surface area contributed by atoms with E-state index in [1.165, 1.54) is 141 Å². The molecule has 0 amide bonds. The van der Waals surface area contributed by atoms with Crippen LogP contribution in [-0.4, -0.2) is 37.0 Å². The van der Waals surface area contributed by atoms with Crippen LogP contribution in [0.3, 0.4) is 0 Å². The summed E-state index contributed by atoms with van der Waals surface area (Å²) >= 11 is 0. The molecule has 0 aromatic rings. The molecule has 42 heavy (non-hydrogen) atoms. The average Bonchev–Trinajstić information content (AvgIpc) is 3.00. The molecule has 0 aromatic heterocycles. The lowest BCUT2D eigenvalue weighted by Gasteiger charge is -2.15. The number of ether oxygens (including phenoxy) is 2. The molecular weight excluding hydrogens is 520 g/mol. The molecule has 0 saturated carbocycles. The van der Waals surface area contributed by atoms with Crippen molar-refractivity contribution in [2.75, 3.05) is 19.8 Å². The summed E-state index contributed by atoms with van der Waals surface area (Å²) in [5.41, 5.74) is 0. The molecular formula is C38H72O4. The van der Waals surface area contributed by atoms with E-state index in [1.54, 1.807) is 0 Å². The maximum Gasteiger partial charge on any atom is 0.306 e. The van der Waals surface area contributed by atoms with E-state index in [-0.39, 0.29) is 12.6 Å². The third-order valence-electron chi connectivity index (χ3n) is 8.03. The number of unbranched alkanes of at least 4 members (excludes halogenated alkanes) is 22. The Morgan fingerprint density at radius 1 is 0.571 bits per heavy atom. The minimum Gasteiger partial charge on any atom is -0.457 e. The predicted octanol–water partition coefficient (Wildman–Crippen LogP) is 11.6. The van der Waals surface area contributed by atoms with Crippen molar-refractivity contribution in [2.45, 2.75) is 193 Å². The van der Waals surface area contributed by atoms with Crippen LogP contribution in [0.1, 0.15) is 187 Å². The summed E-state index contributed by atoms with van der Waals surface area (Å²) in [6.07, 6.45) is 42.5. The fraction of sp³-hybridized carbons (Fsp3) is 0.868. The standard InChI is InChI=1S/C38H72O4/c1-3-5-7-9-11-12-13-14-15-16-17-18-19-20-21-22-23-24-25-26-27-28-30-32-34-41-36-37(35-39)42-38(40)33-31-29-10-8-6-4-2/h13-14,16-17,37,39H,3-12,15,18-36H2,1-2H3/b14-13-,17-16-. The molecule has 1 atom stereocenters. The Hall–Kier alpha value is -1.13. The number of esters is 1. The van der Waals surface area contributed by atoms with E-state index in [9.17, 15) is 9.90 Å². The van der Waals surface area contributed by atoms with Gasteiger partial charge in [-0.25, -0.2) is 0 Å². The molecule has 1 unspecified atom stereocenters. The molecule has 0 aliphatic carbocycles. The Bertz CT molecular complexity index is 586. The number of aliphatic hydroxyl groups excluding tert-OH is 1. The second kappa shape index (κ2) is 36.1. The first kappa shape index (κ1) is 40.9. The van der Waals surface area contributed by atoms with Gasteiger partial charge in [0.05, 0.1) is 13.2 Å². The zero-order valence-corrected chi connectivity index (χ0v) is 28.3. The zero-order valence-electron chi connectivity index (χ0n) is 28.3.